The smallest absolute Gasteiger partial charge is 0.129 e. The second-order valence-corrected chi connectivity index (χ2v) is 4.24. The molecular formula is C13H12ClFN2. The van der Waals surface area contributed by atoms with E-state index in [4.69, 9.17) is 17.3 Å². The zero-order valence-corrected chi connectivity index (χ0v) is 9.86. The van der Waals surface area contributed by atoms with Crippen LogP contribution in [0, 0.1) is 5.82 Å². The molecule has 0 amide bonds. The Balaban J connectivity index is 2.08. The molecule has 88 valence electrons. The first-order valence-electron chi connectivity index (χ1n) is 5.26. The Hall–Kier alpha value is -1.45. The molecule has 0 aliphatic rings. The van der Waals surface area contributed by atoms with E-state index in [0.717, 1.165) is 11.1 Å². The number of hydrogen-bond donors (Lipinski definition) is 1. The average molecular weight is 251 g/mol. The number of benzene rings is 1. The van der Waals surface area contributed by atoms with Gasteiger partial charge in [0.1, 0.15) is 11.0 Å². The predicted molar refractivity (Wildman–Crippen MR) is 66.3 cm³/mol. The zero-order valence-electron chi connectivity index (χ0n) is 9.11. The average Bonchev–Trinajstić information content (AvgIpc) is 2.33. The van der Waals surface area contributed by atoms with E-state index in [2.05, 4.69) is 4.98 Å². The predicted octanol–water partition coefficient (Wildman–Crippen LogP) is 3.12. The summed E-state index contributed by atoms with van der Waals surface area (Å²) in [5, 5.41) is 0.447. The molecule has 0 aliphatic carbocycles. The van der Waals surface area contributed by atoms with Gasteiger partial charge in [0.25, 0.3) is 0 Å². The highest BCUT2D eigenvalue weighted by atomic mass is 35.5. The van der Waals surface area contributed by atoms with E-state index in [1.807, 2.05) is 6.07 Å². The number of pyridine rings is 1. The minimum Gasteiger partial charge on any atom is -0.324 e. The van der Waals surface area contributed by atoms with Gasteiger partial charge in [-0.3, -0.25) is 0 Å². The Bertz CT molecular complexity index is 482. The van der Waals surface area contributed by atoms with Gasteiger partial charge in [-0.1, -0.05) is 29.8 Å². The molecule has 2 N–H and O–H groups in total. The van der Waals surface area contributed by atoms with Gasteiger partial charge in [0.05, 0.1) is 0 Å². The van der Waals surface area contributed by atoms with Crippen LogP contribution in [0.25, 0.3) is 0 Å². The molecule has 1 heterocycles. The highest BCUT2D eigenvalue weighted by molar-refractivity contribution is 6.29. The lowest BCUT2D eigenvalue weighted by atomic mass is 10.0. The molecule has 1 aromatic heterocycles. The number of nitrogens with zero attached hydrogens (tertiary/aromatic N) is 1. The molecule has 0 radical (unpaired) electrons. The number of aromatic nitrogens is 1. The third-order valence-corrected chi connectivity index (χ3v) is 2.77. The van der Waals surface area contributed by atoms with Crippen LogP contribution in [0.3, 0.4) is 0 Å². The summed E-state index contributed by atoms with van der Waals surface area (Å²) in [4.78, 5) is 3.98. The lowest BCUT2D eigenvalue weighted by Crippen LogP contribution is -2.13. The molecule has 2 aromatic rings. The summed E-state index contributed by atoms with van der Waals surface area (Å²) in [7, 11) is 0. The summed E-state index contributed by atoms with van der Waals surface area (Å²) >= 11 is 5.70. The summed E-state index contributed by atoms with van der Waals surface area (Å²) in [6, 6.07) is 9.73. The van der Waals surface area contributed by atoms with Gasteiger partial charge >= 0.3 is 0 Å². The van der Waals surface area contributed by atoms with E-state index in [9.17, 15) is 4.39 Å². The minimum atomic E-state index is -0.240. The van der Waals surface area contributed by atoms with E-state index >= 15 is 0 Å². The summed E-state index contributed by atoms with van der Waals surface area (Å²) < 4.78 is 12.7. The summed E-state index contributed by atoms with van der Waals surface area (Å²) in [6.45, 7) is 0. The molecule has 2 nitrogen and oxygen atoms in total. The van der Waals surface area contributed by atoms with Crippen molar-refractivity contribution in [3.63, 3.8) is 0 Å². The lowest BCUT2D eigenvalue weighted by Gasteiger charge is -2.11. The Morgan fingerprint density at radius 3 is 2.47 bits per heavy atom. The summed E-state index contributed by atoms with van der Waals surface area (Å²) in [5.74, 6) is -0.240. The van der Waals surface area contributed by atoms with Gasteiger partial charge in [0.2, 0.25) is 0 Å². The van der Waals surface area contributed by atoms with Crippen molar-refractivity contribution in [3.05, 3.63) is 64.7 Å². The molecule has 0 bridgehead atoms. The van der Waals surface area contributed by atoms with Crippen LogP contribution in [0.5, 0.6) is 0 Å². The Labute approximate surface area is 104 Å². The molecular weight excluding hydrogens is 239 g/mol. The van der Waals surface area contributed by atoms with Crippen LogP contribution in [0.1, 0.15) is 17.2 Å². The van der Waals surface area contributed by atoms with Crippen molar-refractivity contribution in [2.75, 3.05) is 0 Å². The van der Waals surface area contributed by atoms with Gasteiger partial charge in [-0.15, -0.1) is 0 Å². The topological polar surface area (TPSA) is 38.9 Å². The SMILES string of the molecule is NC(Cc1ccc(F)cc1)c1ccc(Cl)nc1. The summed E-state index contributed by atoms with van der Waals surface area (Å²) in [6.07, 6.45) is 2.31. The number of rotatable bonds is 3. The third-order valence-electron chi connectivity index (χ3n) is 2.55. The maximum absolute atomic E-state index is 12.7. The number of halogens is 2. The fourth-order valence-electron chi connectivity index (χ4n) is 1.60. The van der Waals surface area contributed by atoms with Gasteiger partial charge in [-0.05, 0) is 35.7 Å². The molecule has 1 atom stereocenters. The highest BCUT2D eigenvalue weighted by Crippen LogP contribution is 2.17. The summed E-state index contributed by atoms with van der Waals surface area (Å²) in [5.41, 5.74) is 7.95. The third kappa shape index (κ3) is 3.25. The number of nitrogens with two attached hydrogens (primary N) is 1. The molecule has 0 spiro atoms. The number of hydrogen-bond acceptors (Lipinski definition) is 2. The van der Waals surface area contributed by atoms with Crippen molar-refractivity contribution in [1.29, 1.82) is 0 Å². The van der Waals surface area contributed by atoms with E-state index in [-0.39, 0.29) is 11.9 Å². The van der Waals surface area contributed by atoms with Crippen LogP contribution in [0.2, 0.25) is 5.15 Å². The van der Waals surface area contributed by atoms with E-state index < -0.39 is 0 Å². The fourth-order valence-corrected chi connectivity index (χ4v) is 1.71. The fraction of sp³-hybridized carbons (Fsp3) is 0.154. The monoisotopic (exact) mass is 250 g/mol. The van der Waals surface area contributed by atoms with Crippen LogP contribution < -0.4 is 5.73 Å². The molecule has 17 heavy (non-hydrogen) atoms. The van der Waals surface area contributed by atoms with Crippen molar-refractivity contribution in [1.82, 2.24) is 4.98 Å². The molecule has 0 saturated carbocycles. The van der Waals surface area contributed by atoms with E-state index in [1.54, 1.807) is 24.4 Å². The molecule has 1 unspecified atom stereocenters. The van der Waals surface area contributed by atoms with E-state index in [0.29, 0.717) is 11.6 Å². The van der Waals surface area contributed by atoms with Crippen molar-refractivity contribution in [2.24, 2.45) is 5.73 Å². The van der Waals surface area contributed by atoms with Gasteiger partial charge in [-0.2, -0.15) is 0 Å². The van der Waals surface area contributed by atoms with Crippen LogP contribution >= 0.6 is 11.6 Å². The zero-order chi connectivity index (χ0) is 12.3. The molecule has 0 aliphatic heterocycles. The van der Waals surface area contributed by atoms with Gasteiger partial charge in [0.15, 0.2) is 0 Å². The Morgan fingerprint density at radius 1 is 1.18 bits per heavy atom. The largest absolute Gasteiger partial charge is 0.324 e. The van der Waals surface area contributed by atoms with Gasteiger partial charge in [0, 0.05) is 12.2 Å². The normalized spacial score (nSPS) is 12.4. The molecule has 0 fully saturated rings. The maximum atomic E-state index is 12.7. The van der Waals surface area contributed by atoms with Crippen molar-refractivity contribution in [2.45, 2.75) is 12.5 Å². The van der Waals surface area contributed by atoms with Crippen LogP contribution in [-0.2, 0) is 6.42 Å². The van der Waals surface area contributed by atoms with Crippen molar-refractivity contribution >= 4 is 11.6 Å². The molecule has 4 heteroatoms. The molecule has 1 aromatic carbocycles. The van der Waals surface area contributed by atoms with E-state index in [1.165, 1.54) is 12.1 Å². The second-order valence-electron chi connectivity index (χ2n) is 3.85. The second kappa shape index (κ2) is 5.25. The minimum absolute atomic E-state index is 0.162. The first kappa shape index (κ1) is 12.0. The van der Waals surface area contributed by atoms with Crippen molar-refractivity contribution in [3.8, 4) is 0 Å². The molecule has 2 rings (SSSR count). The molecule has 0 saturated heterocycles. The quantitative estimate of drug-likeness (QED) is 0.850. The van der Waals surface area contributed by atoms with Crippen LogP contribution in [0.15, 0.2) is 42.6 Å². The first-order chi connectivity index (χ1) is 8.15. The van der Waals surface area contributed by atoms with Gasteiger partial charge in [-0.25, -0.2) is 9.37 Å². The van der Waals surface area contributed by atoms with Crippen molar-refractivity contribution < 1.29 is 4.39 Å². The van der Waals surface area contributed by atoms with Gasteiger partial charge < -0.3 is 5.73 Å². The van der Waals surface area contributed by atoms with Crippen LogP contribution in [-0.4, -0.2) is 4.98 Å². The Morgan fingerprint density at radius 2 is 1.88 bits per heavy atom. The Kier molecular flexibility index (Phi) is 3.71. The highest BCUT2D eigenvalue weighted by Gasteiger charge is 2.07. The lowest BCUT2D eigenvalue weighted by molar-refractivity contribution is 0.625. The maximum Gasteiger partial charge on any atom is 0.129 e. The standard InChI is InChI=1S/C13H12ClFN2/c14-13-6-3-10(8-17-13)12(16)7-9-1-4-11(15)5-2-9/h1-6,8,12H,7,16H2. The first-order valence-corrected chi connectivity index (χ1v) is 5.64. The van der Waals surface area contributed by atoms with Crippen LogP contribution in [0.4, 0.5) is 4.39 Å².